The first kappa shape index (κ1) is 16.8. The molecule has 1 rings (SSSR count). The van der Waals surface area contributed by atoms with Gasteiger partial charge >= 0.3 is 0 Å². The van der Waals surface area contributed by atoms with Crippen LogP contribution in [0.1, 0.15) is 27.2 Å². The molecule has 0 aromatic carbocycles. The molecule has 1 aliphatic heterocycles. The van der Waals surface area contributed by atoms with E-state index in [1.165, 1.54) is 13.8 Å². The van der Waals surface area contributed by atoms with Crippen LogP contribution in [0, 0.1) is 0 Å². The molecule has 6 atom stereocenters. The fraction of sp³-hybridized carbons (Fsp3) is 0.833. The van der Waals surface area contributed by atoms with Gasteiger partial charge in [-0.2, -0.15) is 0 Å². The van der Waals surface area contributed by atoms with Crippen molar-refractivity contribution in [1.29, 1.82) is 0 Å². The SMILES string of the molecule is CC(=O)N[C@H]1[C@@H](O)[C@H](NC(=O)CC(C)O)[C@@H](C)O[C@@H]1O. The van der Waals surface area contributed by atoms with E-state index in [4.69, 9.17) is 9.84 Å². The Kier molecular flexibility index (Phi) is 5.88. The Bertz CT molecular complexity index is 362. The molecule has 5 N–H and O–H groups in total. The van der Waals surface area contributed by atoms with Gasteiger partial charge in [-0.15, -0.1) is 0 Å². The highest BCUT2D eigenvalue weighted by Gasteiger charge is 2.43. The lowest BCUT2D eigenvalue weighted by atomic mass is 9.94. The van der Waals surface area contributed by atoms with Gasteiger partial charge in [0, 0.05) is 6.92 Å². The maximum absolute atomic E-state index is 11.6. The minimum absolute atomic E-state index is 0.108. The number of ether oxygens (including phenoxy) is 1. The van der Waals surface area contributed by atoms with Crippen LogP contribution in [0.5, 0.6) is 0 Å². The molecule has 116 valence electrons. The zero-order valence-corrected chi connectivity index (χ0v) is 11.7. The number of hydrogen-bond donors (Lipinski definition) is 5. The van der Waals surface area contributed by atoms with Gasteiger partial charge in [-0.25, -0.2) is 0 Å². The summed E-state index contributed by atoms with van der Waals surface area (Å²) in [4.78, 5) is 22.7. The van der Waals surface area contributed by atoms with Gasteiger partial charge in [0.15, 0.2) is 6.29 Å². The molecule has 20 heavy (non-hydrogen) atoms. The summed E-state index contributed by atoms with van der Waals surface area (Å²) in [6.45, 7) is 4.31. The van der Waals surface area contributed by atoms with Crippen molar-refractivity contribution in [3.8, 4) is 0 Å². The maximum atomic E-state index is 11.6. The van der Waals surface area contributed by atoms with Crippen molar-refractivity contribution in [2.75, 3.05) is 0 Å². The highest BCUT2D eigenvalue weighted by atomic mass is 16.6. The van der Waals surface area contributed by atoms with Crippen molar-refractivity contribution in [1.82, 2.24) is 10.6 Å². The van der Waals surface area contributed by atoms with E-state index in [0.717, 1.165) is 0 Å². The summed E-state index contributed by atoms with van der Waals surface area (Å²) in [6.07, 6.45) is -4.10. The average molecular weight is 290 g/mol. The summed E-state index contributed by atoms with van der Waals surface area (Å²) in [5, 5.41) is 33.9. The van der Waals surface area contributed by atoms with Crippen molar-refractivity contribution in [3.05, 3.63) is 0 Å². The standard InChI is InChI=1S/C12H22N2O6/c1-5(15)4-8(17)14-9-6(2)20-12(19)10(11(9)18)13-7(3)16/h5-6,9-12,15,18-19H,4H2,1-3H3,(H,13,16)(H,14,17)/t5?,6-,9-,10+,11+,12+/m1/s1. The molecule has 2 amide bonds. The van der Waals surface area contributed by atoms with E-state index in [2.05, 4.69) is 10.6 Å². The summed E-state index contributed by atoms with van der Waals surface area (Å²) < 4.78 is 5.19. The van der Waals surface area contributed by atoms with Gasteiger partial charge < -0.3 is 30.7 Å². The van der Waals surface area contributed by atoms with Crippen LogP contribution < -0.4 is 10.6 Å². The normalized spacial score (nSPS) is 35.2. The topological polar surface area (TPSA) is 128 Å². The van der Waals surface area contributed by atoms with E-state index in [0.29, 0.717) is 0 Å². The third-order valence-electron chi connectivity index (χ3n) is 3.08. The van der Waals surface area contributed by atoms with Gasteiger partial charge in [-0.3, -0.25) is 9.59 Å². The van der Waals surface area contributed by atoms with Crippen molar-refractivity contribution in [2.45, 2.75) is 63.9 Å². The number of aliphatic hydroxyl groups is 3. The molecular formula is C12H22N2O6. The molecule has 0 spiro atoms. The predicted molar refractivity (Wildman–Crippen MR) is 68.4 cm³/mol. The monoisotopic (exact) mass is 290 g/mol. The number of aliphatic hydroxyl groups excluding tert-OH is 3. The third-order valence-corrected chi connectivity index (χ3v) is 3.08. The smallest absolute Gasteiger partial charge is 0.222 e. The van der Waals surface area contributed by atoms with Crippen molar-refractivity contribution < 1.29 is 29.6 Å². The zero-order valence-electron chi connectivity index (χ0n) is 11.7. The van der Waals surface area contributed by atoms with Crippen LogP contribution in [-0.2, 0) is 14.3 Å². The minimum Gasteiger partial charge on any atom is -0.393 e. The Morgan fingerprint density at radius 1 is 1.25 bits per heavy atom. The molecule has 1 unspecified atom stereocenters. The van der Waals surface area contributed by atoms with E-state index in [1.54, 1.807) is 6.92 Å². The van der Waals surface area contributed by atoms with Gasteiger partial charge in [-0.1, -0.05) is 0 Å². The van der Waals surface area contributed by atoms with E-state index in [1.807, 2.05) is 0 Å². The highest BCUT2D eigenvalue weighted by Crippen LogP contribution is 2.20. The number of carbonyl (C=O) groups is 2. The first-order chi connectivity index (χ1) is 9.22. The fourth-order valence-electron chi connectivity index (χ4n) is 2.17. The molecule has 0 aromatic rings. The largest absolute Gasteiger partial charge is 0.393 e. The van der Waals surface area contributed by atoms with Crippen LogP contribution in [0.25, 0.3) is 0 Å². The van der Waals surface area contributed by atoms with E-state index in [-0.39, 0.29) is 6.42 Å². The summed E-state index contributed by atoms with van der Waals surface area (Å²) in [7, 11) is 0. The van der Waals surface area contributed by atoms with Crippen molar-refractivity contribution >= 4 is 11.8 Å². The Balaban J connectivity index is 2.73. The van der Waals surface area contributed by atoms with Gasteiger partial charge in [0.1, 0.15) is 12.1 Å². The van der Waals surface area contributed by atoms with Crippen LogP contribution in [0.2, 0.25) is 0 Å². The predicted octanol–water partition coefficient (Wildman–Crippen LogP) is -2.16. The molecule has 0 radical (unpaired) electrons. The van der Waals surface area contributed by atoms with Crippen LogP contribution in [0.4, 0.5) is 0 Å². The number of nitrogens with one attached hydrogen (secondary N) is 2. The fourth-order valence-corrected chi connectivity index (χ4v) is 2.17. The lowest BCUT2D eigenvalue weighted by molar-refractivity contribution is -0.215. The second-order valence-electron chi connectivity index (χ2n) is 5.10. The van der Waals surface area contributed by atoms with Crippen LogP contribution in [0.15, 0.2) is 0 Å². The molecule has 1 aliphatic rings. The number of amides is 2. The summed E-state index contributed by atoms with van der Waals surface area (Å²) in [5.41, 5.74) is 0. The summed E-state index contributed by atoms with van der Waals surface area (Å²) >= 11 is 0. The summed E-state index contributed by atoms with van der Waals surface area (Å²) in [6, 6.07) is -1.82. The molecule has 0 aliphatic carbocycles. The highest BCUT2D eigenvalue weighted by molar-refractivity contribution is 5.77. The molecule has 0 saturated carbocycles. The van der Waals surface area contributed by atoms with E-state index in [9.17, 15) is 19.8 Å². The Morgan fingerprint density at radius 3 is 2.35 bits per heavy atom. The quantitative estimate of drug-likeness (QED) is 0.401. The Labute approximate surface area is 117 Å². The number of hydrogen-bond acceptors (Lipinski definition) is 6. The second-order valence-corrected chi connectivity index (χ2v) is 5.10. The van der Waals surface area contributed by atoms with Crippen molar-refractivity contribution in [2.24, 2.45) is 0 Å². The lowest BCUT2D eigenvalue weighted by Gasteiger charge is -2.42. The molecular weight excluding hydrogens is 268 g/mol. The Hall–Kier alpha value is -1.22. The van der Waals surface area contributed by atoms with Gasteiger partial charge in [0.2, 0.25) is 11.8 Å². The van der Waals surface area contributed by atoms with E-state index < -0.39 is 48.5 Å². The van der Waals surface area contributed by atoms with Crippen LogP contribution in [-0.4, -0.2) is 63.8 Å². The second kappa shape index (κ2) is 6.98. The molecule has 8 heteroatoms. The first-order valence-electron chi connectivity index (χ1n) is 6.48. The average Bonchev–Trinajstić information content (AvgIpc) is 2.29. The van der Waals surface area contributed by atoms with Gasteiger partial charge in [0.25, 0.3) is 0 Å². The van der Waals surface area contributed by atoms with Crippen molar-refractivity contribution in [3.63, 3.8) is 0 Å². The van der Waals surface area contributed by atoms with Gasteiger partial charge in [0.05, 0.1) is 24.7 Å². The zero-order chi connectivity index (χ0) is 15.4. The summed E-state index contributed by atoms with van der Waals surface area (Å²) in [5.74, 6) is -0.877. The maximum Gasteiger partial charge on any atom is 0.222 e. The molecule has 0 aromatic heterocycles. The number of carbonyl (C=O) groups excluding carboxylic acids is 2. The minimum atomic E-state index is -1.35. The lowest BCUT2D eigenvalue weighted by Crippen LogP contribution is -2.67. The Morgan fingerprint density at radius 2 is 1.85 bits per heavy atom. The van der Waals surface area contributed by atoms with Crippen LogP contribution in [0.3, 0.4) is 0 Å². The number of rotatable bonds is 4. The molecule has 0 bridgehead atoms. The molecule has 8 nitrogen and oxygen atoms in total. The van der Waals surface area contributed by atoms with Gasteiger partial charge in [-0.05, 0) is 13.8 Å². The molecule has 1 saturated heterocycles. The third kappa shape index (κ3) is 4.41. The molecule has 1 fully saturated rings. The van der Waals surface area contributed by atoms with E-state index >= 15 is 0 Å². The van der Waals surface area contributed by atoms with Crippen LogP contribution >= 0.6 is 0 Å². The first-order valence-corrected chi connectivity index (χ1v) is 6.48. The molecule has 1 heterocycles.